The number of pyridine rings is 1. The van der Waals surface area contributed by atoms with Gasteiger partial charge < -0.3 is 5.32 Å². The van der Waals surface area contributed by atoms with Gasteiger partial charge in [0.2, 0.25) is 0 Å². The molecule has 0 saturated heterocycles. The van der Waals surface area contributed by atoms with Crippen LogP contribution in [0.15, 0.2) is 36.5 Å². The minimum absolute atomic E-state index is 0.464. The fraction of sp³-hybridized carbons (Fsp3) is 0.400. The van der Waals surface area contributed by atoms with Crippen LogP contribution in [0.4, 0.5) is 0 Å². The molecule has 90 valence electrons. The minimum Gasteiger partial charge on any atom is -0.319 e. The van der Waals surface area contributed by atoms with Crippen molar-refractivity contribution >= 4 is 10.8 Å². The van der Waals surface area contributed by atoms with E-state index in [1.165, 1.54) is 16.5 Å². The molecule has 0 spiro atoms. The average Bonchev–Trinajstić information content (AvgIpc) is 2.35. The summed E-state index contributed by atoms with van der Waals surface area (Å²) in [6.45, 7) is 5.48. The van der Waals surface area contributed by atoms with Gasteiger partial charge in [-0.1, -0.05) is 38.1 Å². The van der Waals surface area contributed by atoms with Crippen LogP contribution in [-0.2, 0) is 0 Å². The summed E-state index contributed by atoms with van der Waals surface area (Å²) in [6, 6.07) is 10.6. The second-order valence-corrected chi connectivity index (χ2v) is 4.83. The Bertz CT molecular complexity index is 486. The predicted octanol–water partition coefficient (Wildman–Crippen LogP) is 3.19. The monoisotopic (exact) mass is 228 g/mol. The summed E-state index contributed by atoms with van der Waals surface area (Å²) in [5, 5.41) is 5.83. The van der Waals surface area contributed by atoms with E-state index in [0.717, 1.165) is 6.54 Å². The topological polar surface area (TPSA) is 24.9 Å². The van der Waals surface area contributed by atoms with E-state index in [2.05, 4.69) is 54.5 Å². The number of benzene rings is 1. The third-order valence-corrected chi connectivity index (χ3v) is 3.28. The van der Waals surface area contributed by atoms with E-state index >= 15 is 0 Å². The number of hydrogen-bond acceptors (Lipinski definition) is 2. The molecular weight excluding hydrogens is 208 g/mol. The highest BCUT2D eigenvalue weighted by Crippen LogP contribution is 2.28. The maximum Gasteiger partial charge on any atom is 0.0527 e. The first-order valence-electron chi connectivity index (χ1n) is 6.22. The van der Waals surface area contributed by atoms with E-state index < -0.39 is 0 Å². The molecule has 0 radical (unpaired) electrons. The molecule has 1 aromatic carbocycles. The molecule has 1 heterocycles. The Morgan fingerprint density at radius 1 is 1.18 bits per heavy atom. The van der Waals surface area contributed by atoms with Crippen LogP contribution in [0.25, 0.3) is 10.8 Å². The molecule has 0 amide bonds. The highest BCUT2D eigenvalue weighted by Gasteiger charge is 2.18. The molecular formula is C15H20N2. The largest absolute Gasteiger partial charge is 0.319 e. The molecule has 0 fully saturated rings. The van der Waals surface area contributed by atoms with Crippen LogP contribution < -0.4 is 5.32 Å². The SMILES string of the molecule is CNCC(c1nccc2ccccc12)C(C)C. The van der Waals surface area contributed by atoms with Crippen LogP contribution in [0.3, 0.4) is 0 Å². The molecule has 1 unspecified atom stereocenters. The third-order valence-electron chi connectivity index (χ3n) is 3.28. The highest BCUT2D eigenvalue weighted by atomic mass is 14.8. The number of nitrogens with one attached hydrogen (secondary N) is 1. The molecule has 0 aliphatic heterocycles. The molecule has 2 nitrogen and oxygen atoms in total. The molecule has 17 heavy (non-hydrogen) atoms. The average molecular weight is 228 g/mol. The maximum absolute atomic E-state index is 4.61. The maximum atomic E-state index is 4.61. The van der Waals surface area contributed by atoms with Gasteiger partial charge in [-0.3, -0.25) is 4.98 Å². The van der Waals surface area contributed by atoms with Crippen molar-refractivity contribution in [1.82, 2.24) is 10.3 Å². The molecule has 0 saturated carbocycles. The van der Waals surface area contributed by atoms with Crippen LogP contribution in [0.5, 0.6) is 0 Å². The standard InChI is InChI=1S/C15H20N2/c1-11(2)14(10-16-3)15-13-7-5-4-6-12(13)8-9-17-15/h4-9,11,14,16H,10H2,1-3H3. The van der Waals surface area contributed by atoms with E-state index in [1.54, 1.807) is 0 Å². The first-order chi connectivity index (χ1) is 8.24. The number of hydrogen-bond donors (Lipinski definition) is 1. The van der Waals surface area contributed by atoms with Crippen LogP contribution in [0.1, 0.15) is 25.5 Å². The molecule has 1 atom stereocenters. The Hall–Kier alpha value is -1.41. The van der Waals surface area contributed by atoms with Gasteiger partial charge in [0, 0.05) is 24.0 Å². The lowest BCUT2D eigenvalue weighted by Crippen LogP contribution is -2.22. The first kappa shape index (κ1) is 12.1. The normalized spacial score (nSPS) is 13.2. The molecule has 0 bridgehead atoms. The van der Waals surface area contributed by atoms with Crippen molar-refractivity contribution in [3.05, 3.63) is 42.2 Å². The van der Waals surface area contributed by atoms with Gasteiger partial charge >= 0.3 is 0 Å². The van der Waals surface area contributed by atoms with Crippen molar-refractivity contribution in [1.29, 1.82) is 0 Å². The molecule has 2 rings (SSSR count). The van der Waals surface area contributed by atoms with Crippen molar-refractivity contribution in [3.63, 3.8) is 0 Å². The Kier molecular flexibility index (Phi) is 3.75. The number of aromatic nitrogens is 1. The molecule has 0 aliphatic carbocycles. The van der Waals surface area contributed by atoms with Gasteiger partial charge in [0.25, 0.3) is 0 Å². The zero-order valence-electron chi connectivity index (χ0n) is 10.8. The Balaban J connectivity index is 2.52. The van der Waals surface area contributed by atoms with Crippen LogP contribution in [0.2, 0.25) is 0 Å². The van der Waals surface area contributed by atoms with E-state index in [1.807, 2.05) is 13.2 Å². The van der Waals surface area contributed by atoms with Crippen LogP contribution >= 0.6 is 0 Å². The summed E-state index contributed by atoms with van der Waals surface area (Å²) in [6.07, 6.45) is 1.92. The van der Waals surface area contributed by atoms with Gasteiger partial charge in [0.15, 0.2) is 0 Å². The van der Waals surface area contributed by atoms with Gasteiger partial charge in [-0.15, -0.1) is 0 Å². The van der Waals surface area contributed by atoms with E-state index in [9.17, 15) is 0 Å². The van der Waals surface area contributed by atoms with E-state index in [4.69, 9.17) is 0 Å². The lowest BCUT2D eigenvalue weighted by Gasteiger charge is -2.21. The van der Waals surface area contributed by atoms with Crippen molar-refractivity contribution < 1.29 is 0 Å². The zero-order valence-corrected chi connectivity index (χ0v) is 10.8. The summed E-state index contributed by atoms with van der Waals surface area (Å²) in [4.78, 5) is 4.61. The van der Waals surface area contributed by atoms with Gasteiger partial charge in [0.1, 0.15) is 0 Å². The summed E-state index contributed by atoms with van der Waals surface area (Å²) < 4.78 is 0. The highest BCUT2D eigenvalue weighted by molar-refractivity contribution is 5.84. The smallest absolute Gasteiger partial charge is 0.0527 e. The number of fused-ring (bicyclic) bond motifs is 1. The number of likely N-dealkylation sites (N-methyl/N-ethyl adjacent to an activating group) is 1. The van der Waals surface area contributed by atoms with Crippen molar-refractivity contribution in [2.75, 3.05) is 13.6 Å². The predicted molar refractivity (Wildman–Crippen MR) is 73.2 cm³/mol. The first-order valence-corrected chi connectivity index (χ1v) is 6.22. The Morgan fingerprint density at radius 3 is 2.65 bits per heavy atom. The molecule has 2 aromatic rings. The second kappa shape index (κ2) is 5.28. The number of rotatable bonds is 4. The van der Waals surface area contributed by atoms with Crippen molar-refractivity contribution in [2.24, 2.45) is 5.92 Å². The van der Waals surface area contributed by atoms with Crippen LogP contribution in [0, 0.1) is 5.92 Å². The molecule has 1 N–H and O–H groups in total. The minimum atomic E-state index is 0.464. The lowest BCUT2D eigenvalue weighted by atomic mass is 9.89. The summed E-state index contributed by atoms with van der Waals surface area (Å²) in [7, 11) is 2.00. The van der Waals surface area contributed by atoms with Crippen molar-refractivity contribution in [2.45, 2.75) is 19.8 Å². The van der Waals surface area contributed by atoms with Gasteiger partial charge in [-0.25, -0.2) is 0 Å². The zero-order chi connectivity index (χ0) is 12.3. The fourth-order valence-corrected chi connectivity index (χ4v) is 2.31. The third kappa shape index (κ3) is 2.47. The van der Waals surface area contributed by atoms with E-state index in [0.29, 0.717) is 11.8 Å². The van der Waals surface area contributed by atoms with E-state index in [-0.39, 0.29) is 0 Å². The lowest BCUT2D eigenvalue weighted by molar-refractivity contribution is 0.472. The summed E-state index contributed by atoms with van der Waals surface area (Å²) >= 11 is 0. The summed E-state index contributed by atoms with van der Waals surface area (Å²) in [5.74, 6) is 1.05. The summed E-state index contributed by atoms with van der Waals surface area (Å²) in [5.41, 5.74) is 1.22. The van der Waals surface area contributed by atoms with Crippen LogP contribution in [-0.4, -0.2) is 18.6 Å². The van der Waals surface area contributed by atoms with Gasteiger partial charge in [0.05, 0.1) is 5.69 Å². The Morgan fingerprint density at radius 2 is 1.94 bits per heavy atom. The van der Waals surface area contributed by atoms with Gasteiger partial charge in [-0.05, 0) is 24.4 Å². The Labute approximate surface area is 103 Å². The number of nitrogens with zero attached hydrogens (tertiary/aromatic N) is 1. The van der Waals surface area contributed by atoms with Crippen molar-refractivity contribution in [3.8, 4) is 0 Å². The quantitative estimate of drug-likeness (QED) is 0.869. The second-order valence-electron chi connectivity index (χ2n) is 4.83. The molecule has 0 aliphatic rings. The van der Waals surface area contributed by atoms with Gasteiger partial charge in [-0.2, -0.15) is 0 Å². The molecule has 1 aromatic heterocycles. The fourth-order valence-electron chi connectivity index (χ4n) is 2.31. The molecule has 2 heteroatoms.